The second-order valence-corrected chi connectivity index (χ2v) is 5.05. The molecule has 3 aromatic rings. The molecule has 0 spiro atoms. The number of pyridine rings is 1. The number of para-hydroxylation sites is 1. The Morgan fingerprint density at radius 2 is 1.79 bits per heavy atom. The zero-order valence-corrected chi connectivity index (χ0v) is 13.2. The Labute approximate surface area is 138 Å². The molecule has 122 valence electrons. The van der Waals surface area contributed by atoms with Crippen molar-refractivity contribution in [3.8, 4) is 11.5 Å². The van der Waals surface area contributed by atoms with Crippen molar-refractivity contribution in [1.29, 1.82) is 0 Å². The highest BCUT2D eigenvalue weighted by Crippen LogP contribution is 2.31. The van der Waals surface area contributed by atoms with Crippen molar-refractivity contribution in [2.24, 2.45) is 0 Å². The third-order valence-corrected chi connectivity index (χ3v) is 3.59. The van der Waals surface area contributed by atoms with E-state index in [1.165, 1.54) is 6.07 Å². The van der Waals surface area contributed by atoms with Crippen molar-refractivity contribution < 1.29 is 19.4 Å². The van der Waals surface area contributed by atoms with Crippen LogP contribution in [-0.2, 0) is 0 Å². The number of aromatic carboxylic acids is 1. The average molecular weight is 323 g/mol. The Morgan fingerprint density at radius 3 is 2.50 bits per heavy atom. The summed E-state index contributed by atoms with van der Waals surface area (Å²) < 4.78 is 10.5. The maximum absolute atomic E-state index is 11.4. The van der Waals surface area contributed by atoms with Gasteiger partial charge in [-0.15, -0.1) is 0 Å². The van der Waals surface area contributed by atoms with Gasteiger partial charge in [0.2, 0.25) is 0 Å². The van der Waals surface area contributed by atoms with E-state index in [-0.39, 0.29) is 5.56 Å². The second kappa shape index (κ2) is 6.45. The van der Waals surface area contributed by atoms with Crippen LogP contribution in [0.25, 0.3) is 10.9 Å². The summed E-state index contributed by atoms with van der Waals surface area (Å²) >= 11 is 0. The molecule has 1 heterocycles. The number of fused-ring (bicyclic) bond motifs is 1. The van der Waals surface area contributed by atoms with E-state index in [1.807, 2.05) is 0 Å². The fourth-order valence-electron chi connectivity index (χ4n) is 2.47. The molecule has 0 saturated carbocycles. The number of benzene rings is 2. The van der Waals surface area contributed by atoms with E-state index in [0.29, 0.717) is 33.9 Å². The first kappa shape index (κ1) is 15.6. The normalized spacial score (nSPS) is 10.4. The van der Waals surface area contributed by atoms with Crippen molar-refractivity contribution in [2.45, 2.75) is 0 Å². The van der Waals surface area contributed by atoms with Gasteiger partial charge in [-0.25, -0.2) is 4.98 Å². The summed E-state index contributed by atoms with van der Waals surface area (Å²) in [7, 11) is 3.10. The molecular formula is C18H15N2O4-. The molecule has 1 aromatic heterocycles. The van der Waals surface area contributed by atoms with E-state index in [4.69, 9.17) is 9.47 Å². The molecule has 0 unspecified atom stereocenters. The molecule has 2 aromatic carbocycles. The predicted molar refractivity (Wildman–Crippen MR) is 88.9 cm³/mol. The van der Waals surface area contributed by atoms with Gasteiger partial charge in [0.25, 0.3) is 0 Å². The van der Waals surface area contributed by atoms with E-state index in [1.54, 1.807) is 56.7 Å². The summed E-state index contributed by atoms with van der Waals surface area (Å²) in [5.74, 6) is 0.317. The van der Waals surface area contributed by atoms with Crippen LogP contribution in [0.1, 0.15) is 10.4 Å². The zero-order valence-electron chi connectivity index (χ0n) is 13.2. The van der Waals surface area contributed by atoms with E-state index < -0.39 is 5.97 Å². The minimum Gasteiger partial charge on any atom is -0.545 e. The number of rotatable bonds is 5. The molecule has 0 bridgehead atoms. The average Bonchev–Trinajstić information content (AvgIpc) is 2.60. The largest absolute Gasteiger partial charge is 0.545 e. The number of anilines is 2. The maximum Gasteiger partial charge on any atom is 0.162 e. The van der Waals surface area contributed by atoms with Crippen molar-refractivity contribution in [2.75, 3.05) is 19.5 Å². The number of hydrogen-bond donors (Lipinski definition) is 1. The van der Waals surface area contributed by atoms with Gasteiger partial charge in [0.1, 0.15) is 5.82 Å². The standard InChI is InChI=1S/C18H16N2O4/c1-23-15-8-7-11(9-16(15)24-2)19-17-10-13(18(21)22)12-5-3-4-6-14(12)20-17/h3-10H,1-2H3,(H,19,20)(H,21,22)/p-1. The molecule has 0 saturated heterocycles. The van der Waals surface area contributed by atoms with Crippen LogP contribution in [0.5, 0.6) is 11.5 Å². The molecule has 0 amide bonds. The number of nitrogens with one attached hydrogen (secondary N) is 1. The summed E-state index contributed by atoms with van der Waals surface area (Å²) in [4.78, 5) is 15.8. The highest BCUT2D eigenvalue weighted by Gasteiger charge is 2.09. The summed E-state index contributed by atoms with van der Waals surface area (Å²) in [6, 6.07) is 13.8. The number of carbonyl (C=O) groups excluding carboxylic acids is 1. The van der Waals surface area contributed by atoms with Crippen molar-refractivity contribution in [3.63, 3.8) is 0 Å². The molecule has 0 aliphatic carbocycles. The Kier molecular flexibility index (Phi) is 4.20. The lowest BCUT2D eigenvalue weighted by Crippen LogP contribution is -2.22. The molecule has 0 radical (unpaired) electrons. The van der Waals surface area contributed by atoms with Gasteiger partial charge < -0.3 is 24.7 Å². The van der Waals surface area contributed by atoms with Gasteiger partial charge in [-0.05, 0) is 24.3 Å². The Morgan fingerprint density at radius 1 is 1.04 bits per heavy atom. The molecule has 1 N–H and O–H groups in total. The van der Waals surface area contributed by atoms with Crippen LogP contribution in [0, 0.1) is 0 Å². The molecule has 6 nitrogen and oxygen atoms in total. The lowest BCUT2D eigenvalue weighted by atomic mass is 10.1. The third kappa shape index (κ3) is 2.94. The quantitative estimate of drug-likeness (QED) is 0.776. The lowest BCUT2D eigenvalue weighted by Gasteiger charge is -2.13. The van der Waals surface area contributed by atoms with Crippen LogP contribution in [0.4, 0.5) is 11.5 Å². The van der Waals surface area contributed by atoms with E-state index in [2.05, 4.69) is 10.3 Å². The molecule has 0 atom stereocenters. The molecule has 3 rings (SSSR count). The first-order valence-electron chi connectivity index (χ1n) is 7.22. The van der Waals surface area contributed by atoms with Crippen LogP contribution in [-0.4, -0.2) is 25.2 Å². The first-order valence-corrected chi connectivity index (χ1v) is 7.22. The number of ether oxygens (including phenoxy) is 2. The van der Waals surface area contributed by atoms with Gasteiger partial charge in [0, 0.05) is 22.7 Å². The smallest absolute Gasteiger partial charge is 0.162 e. The van der Waals surface area contributed by atoms with Gasteiger partial charge in [-0.3, -0.25) is 0 Å². The third-order valence-electron chi connectivity index (χ3n) is 3.59. The number of methoxy groups -OCH3 is 2. The minimum atomic E-state index is -1.25. The van der Waals surface area contributed by atoms with Crippen molar-refractivity contribution in [1.82, 2.24) is 4.98 Å². The van der Waals surface area contributed by atoms with E-state index >= 15 is 0 Å². The Bertz CT molecular complexity index is 909. The van der Waals surface area contributed by atoms with Gasteiger partial charge >= 0.3 is 0 Å². The summed E-state index contributed by atoms with van der Waals surface area (Å²) in [5.41, 5.74) is 1.35. The number of carbonyl (C=O) groups is 1. The number of carboxylic acids is 1. The molecule has 0 aliphatic rings. The SMILES string of the molecule is COc1ccc(Nc2cc(C(=O)[O-])c3ccccc3n2)cc1OC. The van der Waals surface area contributed by atoms with Crippen LogP contribution in [0.2, 0.25) is 0 Å². The topological polar surface area (TPSA) is 83.5 Å². The highest BCUT2D eigenvalue weighted by molar-refractivity contribution is 6.02. The molecule has 0 fully saturated rings. The van der Waals surface area contributed by atoms with Crippen LogP contribution in [0.3, 0.4) is 0 Å². The summed E-state index contributed by atoms with van der Waals surface area (Å²) in [6.07, 6.45) is 0. The number of aromatic nitrogens is 1. The van der Waals surface area contributed by atoms with Crippen LogP contribution < -0.4 is 19.9 Å². The number of hydrogen-bond acceptors (Lipinski definition) is 6. The highest BCUT2D eigenvalue weighted by atomic mass is 16.5. The van der Waals surface area contributed by atoms with Crippen LogP contribution >= 0.6 is 0 Å². The monoisotopic (exact) mass is 323 g/mol. The Hall–Kier alpha value is -3.28. The molecule has 6 heteroatoms. The molecule has 0 aliphatic heterocycles. The van der Waals surface area contributed by atoms with E-state index in [0.717, 1.165) is 0 Å². The first-order chi connectivity index (χ1) is 11.6. The van der Waals surface area contributed by atoms with Gasteiger partial charge in [0.15, 0.2) is 11.5 Å². The molecule has 24 heavy (non-hydrogen) atoms. The van der Waals surface area contributed by atoms with Crippen molar-refractivity contribution in [3.05, 3.63) is 54.1 Å². The van der Waals surface area contributed by atoms with Gasteiger partial charge in [0.05, 0.1) is 25.7 Å². The van der Waals surface area contributed by atoms with Gasteiger partial charge in [-0.1, -0.05) is 18.2 Å². The second-order valence-electron chi connectivity index (χ2n) is 5.05. The summed E-state index contributed by atoms with van der Waals surface area (Å²) in [6.45, 7) is 0. The fourth-order valence-corrected chi connectivity index (χ4v) is 2.47. The van der Waals surface area contributed by atoms with E-state index in [9.17, 15) is 9.90 Å². The predicted octanol–water partition coefficient (Wildman–Crippen LogP) is 2.36. The summed E-state index contributed by atoms with van der Waals surface area (Å²) in [5, 5.41) is 15.0. The number of nitrogens with zero attached hydrogens (tertiary/aromatic N) is 1. The Balaban J connectivity index is 2.03. The zero-order chi connectivity index (χ0) is 17.1. The fraction of sp³-hybridized carbons (Fsp3) is 0.111. The number of carboxylic acid groups (broad SMARTS) is 1. The van der Waals surface area contributed by atoms with Crippen molar-refractivity contribution >= 4 is 28.4 Å². The maximum atomic E-state index is 11.4. The molecular weight excluding hydrogens is 308 g/mol. The van der Waals surface area contributed by atoms with Crippen LogP contribution in [0.15, 0.2) is 48.5 Å². The lowest BCUT2D eigenvalue weighted by molar-refractivity contribution is -0.254. The van der Waals surface area contributed by atoms with Gasteiger partial charge in [-0.2, -0.15) is 0 Å². The minimum absolute atomic E-state index is 0.0866.